The van der Waals surface area contributed by atoms with E-state index in [1.165, 1.54) is 0 Å². The molecular weight excluding hydrogens is 266 g/mol. The zero-order valence-electron chi connectivity index (χ0n) is 11.7. The Morgan fingerprint density at radius 2 is 2.32 bits per heavy atom. The molecule has 0 saturated carbocycles. The van der Waals surface area contributed by atoms with Crippen LogP contribution in [0.15, 0.2) is 0 Å². The molecule has 0 spiro atoms. The summed E-state index contributed by atoms with van der Waals surface area (Å²) in [6, 6.07) is 0.0307. The van der Waals surface area contributed by atoms with Gasteiger partial charge in [-0.3, -0.25) is 16.0 Å². The molecule has 2 heterocycles. The van der Waals surface area contributed by atoms with Crippen LogP contribution in [0.2, 0.25) is 5.15 Å². The lowest BCUT2D eigenvalue weighted by Crippen LogP contribution is -2.54. The molecule has 2 unspecified atom stereocenters. The fraction of sp³-hybridized carbons (Fsp3) is 0.750. The molecule has 0 aromatic carbocycles. The highest BCUT2D eigenvalue weighted by Crippen LogP contribution is 2.22. The Labute approximate surface area is 118 Å². The number of nitrogens with one attached hydrogen (secondary N) is 1. The van der Waals surface area contributed by atoms with Crippen molar-refractivity contribution < 1.29 is 4.74 Å². The van der Waals surface area contributed by atoms with Crippen LogP contribution in [0.25, 0.3) is 0 Å². The molecule has 1 fully saturated rings. The second kappa shape index (κ2) is 6.19. The number of nitrogens with two attached hydrogens (primary N) is 1. The molecule has 7 heteroatoms. The Kier molecular flexibility index (Phi) is 4.81. The largest absolute Gasteiger partial charge is 0.374 e. The Morgan fingerprint density at radius 3 is 2.84 bits per heavy atom. The van der Waals surface area contributed by atoms with Crippen LogP contribution in [0, 0.1) is 6.92 Å². The molecule has 0 aliphatic carbocycles. The lowest BCUT2D eigenvalue weighted by Gasteiger charge is -2.34. The monoisotopic (exact) mass is 287 g/mol. The van der Waals surface area contributed by atoms with Gasteiger partial charge in [0.15, 0.2) is 0 Å². The van der Waals surface area contributed by atoms with E-state index in [-0.39, 0.29) is 12.1 Å². The Bertz CT molecular complexity index is 436. The topological polar surface area (TPSA) is 68.3 Å². The molecule has 3 N–H and O–H groups in total. The highest BCUT2D eigenvalue weighted by atomic mass is 35.5. The number of halogens is 1. The number of ether oxygens (including phenoxy) is 1. The molecule has 6 nitrogen and oxygen atoms in total. The average Bonchev–Trinajstić information content (AvgIpc) is 2.61. The molecule has 2 rings (SSSR count). The summed E-state index contributed by atoms with van der Waals surface area (Å²) >= 11 is 6.26. The van der Waals surface area contributed by atoms with E-state index in [0.717, 1.165) is 31.0 Å². The quantitative estimate of drug-likeness (QED) is 0.607. The van der Waals surface area contributed by atoms with Crippen LogP contribution in [0.5, 0.6) is 0 Å². The average molecular weight is 288 g/mol. The normalized spacial score (nSPS) is 22.7. The molecule has 1 aromatic rings. The van der Waals surface area contributed by atoms with Crippen LogP contribution in [-0.2, 0) is 18.2 Å². The summed E-state index contributed by atoms with van der Waals surface area (Å²) in [6.07, 6.45) is 0.785. The number of hydrogen-bond acceptors (Lipinski definition) is 5. The van der Waals surface area contributed by atoms with Gasteiger partial charge in [0.2, 0.25) is 0 Å². The van der Waals surface area contributed by atoms with Crippen LogP contribution in [0.4, 0.5) is 0 Å². The van der Waals surface area contributed by atoms with Gasteiger partial charge in [-0.05, 0) is 20.4 Å². The summed E-state index contributed by atoms with van der Waals surface area (Å²) in [5.74, 6) is 5.69. The number of likely N-dealkylation sites (N-methyl/N-ethyl adjacent to an activating group) is 1. The second-order valence-electron chi connectivity index (χ2n) is 5.13. The van der Waals surface area contributed by atoms with Crippen LogP contribution >= 0.6 is 11.6 Å². The summed E-state index contributed by atoms with van der Waals surface area (Å²) in [6.45, 7) is 4.52. The number of hydrogen-bond donors (Lipinski definition) is 2. The predicted octanol–water partition coefficient (Wildman–Crippen LogP) is 0.0869. The van der Waals surface area contributed by atoms with Gasteiger partial charge in [-0.25, -0.2) is 0 Å². The number of aromatic nitrogens is 2. The SMILES string of the molecule is Cc1nn(C)c(Cl)c1CC(NN)C1CN(C)CCO1. The zero-order chi connectivity index (χ0) is 14.0. The summed E-state index contributed by atoms with van der Waals surface area (Å²) in [4.78, 5) is 2.25. The highest BCUT2D eigenvalue weighted by Gasteiger charge is 2.28. The molecule has 2 atom stereocenters. The van der Waals surface area contributed by atoms with Crippen molar-refractivity contribution in [3.05, 3.63) is 16.4 Å². The third-order valence-corrected chi connectivity index (χ3v) is 4.13. The molecule has 0 radical (unpaired) electrons. The molecular formula is C12H22ClN5O. The minimum atomic E-state index is 0.0307. The zero-order valence-corrected chi connectivity index (χ0v) is 12.4. The molecule has 1 saturated heterocycles. The van der Waals surface area contributed by atoms with E-state index in [0.29, 0.717) is 11.6 Å². The molecule has 1 aliphatic heterocycles. The van der Waals surface area contributed by atoms with E-state index < -0.39 is 0 Å². The lowest BCUT2D eigenvalue weighted by molar-refractivity contribution is -0.0384. The molecule has 1 aliphatic rings. The van der Waals surface area contributed by atoms with Gasteiger partial charge >= 0.3 is 0 Å². The van der Waals surface area contributed by atoms with E-state index in [9.17, 15) is 0 Å². The molecule has 0 bridgehead atoms. The van der Waals surface area contributed by atoms with Crippen molar-refractivity contribution in [1.82, 2.24) is 20.1 Å². The fourth-order valence-corrected chi connectivity index (χ4v) is 2.73. The molecule has 108 valence electrons. The number of morpholine rings is 1. The third-order valence-electron chi connectivity index (χ3n) is 3.65. The summed E-state index contributed by atoms with van der Waals surface area (Å²) in [7, 11) is 3.93. The van der Waals surface area contributed by atoms with Crippen molar-refractivity contribution in [2.75, 3.05) is 26.7 Å². The van der Waals surface area contributed by atoms with Gasteiger partial charge in [-0.1, -0.05) is 11.6 Å². The van der Waals surface area contributed by atoms with Crippen molar-refractivity contribution in [3.8, 4) is 0 Å². The van der Waals surface area contributed by atoms with E-state index in [2.05, 4.69) is 22.5 Å². The van der Waals surface area contributed by atoms with Gasteiger partial charge in [-0.2, -0.15) is 5.10 Å². The van der Waals surface area contributed by atoms with Gasteiger partial charge in [0.25, 0.3) is 0 Å². The van der Waals surface area contributed by atoms with E-state index in [4.69, 9.17) is 22.2 Å². The number of nitrogens with zero attached hydrogens (tertiary/aromatic N) is 3. The van der Waals surface area contributed by atoms with Gasteiger partial charge in [0.05, 0.1) is 24.4 Å². The van der Waals surface area contributed by atoms with Crippen LogP contribution in [0.1, 0.15) is 11.3 Å². The van der Waals surface area contributed by atoms with Crippen molar-refractivity contribution in [3.63, 3.8) is 0 Å². The van der Waals surface area contributed by atoms with Gasteiger partial charge in [0, 0.05) is 25.7 Å². The number of rotatable bonds is 4. The van der Waals surface area contributed by atoms with Crippen LogP contribution in [0.3, 0.4) is 0 Å². The number of hydrazine groups is 1. The molecule has 1 aromatic heterocycles. The Balaban J connectivity index is 2.10. The Morgan fingerprint density at radius 1 is 1.58 bits per heavy atom. The Hall–Kier alpha value is -0.660. The van der Waals surface area contributed by atoms with Crippen LogP contribution in [-0.4, -0.2) is 53.6 Å². The first-order chi connectivity index (χ1) is 9.02. The number of aryl methyl sites for hydroxylation is 2. The van der Waals surface area contributed by atoms with Crippen molar-refractivity contribution in [2.45, 2.75) is 25.5 Å². The van der Waals surface area contributed by atoms with Crippen molar-refractivity contribution in [2.24, 2.45) is 12.9 Å². The molecule has 0 amide bonds. The maximum Gasteiger partial charge on any atom is 0.130 e. The van der Waals surface area contributed by atoms with Crippen LogP contribution < -0.4 is 11.3 Å². The van der Waals surface area contributed by atoms with E-state index >= 15 is 0 Å². The van der Waals surface area contributed by atoms with Crippen molar-refractivity contribution in [1.29, 1.82) is 0 Å². The minimum Gasteiger partial charge on any atom is -0.374 e. The van der Waals surface area contributed by atoms with Gasteiger partial charge in [0.1, 0.15) is 5.15 Å². The van der Waals surface area contributed by atoms with Gasteiger partial charge in [-0.15, -0.1) is 0 Å². The standard InChI is InChI=1S/C12H22ClN5O/c1-8-9(12(13)18(3)16-8)6-10(15-14)11-7-17(2)4-5-19-11/h10-11,15H,4-7,14H2,1-3H3. The fourth-order valence-electron chi connectivity index (χ4n) is 2.48. The van der Waals surface area contributed by atoms with E-state index in [1.807, 2.05) is 14.0 Å². The first-order valence-corrected chi connectivity index (χ1v) is 6.85. The second-order valence-corrected chi connectivity index (χ2v) is 5.49. The third kappa shape index (κ3) is 3.27. The summed E-state index contributed by atoms with van der Waals surface area (Å²) < 4.78 is 7.49. The predicted molar refractivity (Wildman–Crippen MR) is 75.0 cm³/mol. The lowest BCUT2D eigenvalue weighted by atomic mass is 10.0. The smallest absolute Gasteiger partial charge is 0.130 e. The van der Waals surface area contributed by atoms with Gasteiger partial charge < -0.3 is 9.64 Å². The maximum atomic E-state index is 6.26. The first kappa shape index (κ1) is 14.7. The summed E-state index contributed by atoms with van der Waals surface area (Å²) in [5.41, 5.74) is 4.83. The maximum absolute atomic E-state index is 6.26. The van der Waals surface area contributed by atoms with Crippen molar-refractivity contribution >= 4 is 11.6 Å². The minimum absolute atomic E-state index is 0.0307. The summed E-state index contributed by atoms with van der Waals surface area (Å²) in [5, 5.41) is 4.99. The first-order valence-electron chi connectivity index (χ1n) is 6.47. The molecule has 19 heavy (non-hydrogen) atoms. The highest BCUT2D eigenvalue weighted by molar-refractivity contribution is 6.30. The van der Waals surface area contributed by atoms with E-state index in [1.54, 1.807) is 4.68 Å².